The van der Waals surface area contributed by atoms with Crippen LogP contribution in [0.4, 0.5) is 0 Å². The molecule has 2 heteroatoms. The minimum atomic E-state index is 0.148. The molecule has 1 aliphatic heterocycles. The van der Waals surface area contributed by atoms with Crippen molar-refractivity contribution in [2.45, 2.75) is 19.9 Å². The van der Waals surface area contributed by atoms with Gasteiger partial charge in [-0.2, -0.15) is 0 Å². The van der Waals surface area contributed by atoms with Crippen molar-refractivity contribution in [1.82, 2.24) is 4.90 Å². The highest BCUT2D eigenvalue weighted by Crippen LogP contribution is 2.38. The van der Waals surface area contributed by atoms with Gasteiger partial charge in [0.2, 0.25) is 0 Å². The van der Waals surface area contributed by atoms with Crippen LogP contribution >= 0.6 is 0 Å². The lowest BCUT2D eigenvalue weighted by Gasteiger charge is -2.16. The molecule has 0 aromatic heterocycles. The SMILES string of the molecule is CCc1ccc(C2=CC3CN(Cc4ccccc4)CC3C2=O)cc1. The van der Waals surface area contributed by atoms with Gasteiger partial charge in [-0.05, 0) is 23.1 Å². The third-order valence-corrected chi connectivity index (χ3v) is 5.35. The Bertz CT molecular complexity index is 760. The summed E-state index contributed by atoms with van der Waals surface area (Å²) in [5.41, 5.74) is 4.66. The number of carbonyl (C=O) groups excluding carboxylic acids is 1. The molecule has 24 heavy (non-hydrogen) atoms. The van der Waals surface area contributed by atoms with E-state index >= 15 is 0 Å². The quantitative estimate of drug-likeness (QED) is 0.850. The molecule has 0 saturated carbocycles. The predicted molar refractivity (Wildman–Crippen MR) is 97.5 cm³/mol. The summed E-state index contributed by atoms with van der Waals surface area (Å²) >= 11 is 0. The number of hydrogen-bond donors (Lipinski definition) is 0. The van der Waals surface area contributed by atoms with Crippen LogP contribution in [-0.4, -0.2) is 23.8 Å². The molecule has 2 aromatic rings. The van der Waals surface area contributed by atoms with E-state index in [4.69, 9.17) is 0 Å². The molecule has 1 heterocycles. The van der Waals surface area contributed by atoms with Crippen molar-refractivity contribution in [1.29, 1.82) is 0 Å². The fraction of sp³-hybridized carbons (Fsp3) is 0.318. The van der Waals surface area contributed by atoms with Crippen LogP contribution in [0, 0.1) is 11.8 Å². The van der Waals surface area contributed by atoms with E-state index in [1.54, 1.807) is 0 Å². The van der Waals surface area contributed by atoms with Crippen LogP contribution in [0.1, 0.15) is 23.6 Å². The second kappa shape index (κ2) is 6.37. The molecule has 122 valence electrons. The number of fused-ring (bicyclic) bond motifs is 1. The minimum Gasteiger partial charge on any atom is -0.298 e. The van der Waals surface area contributed by atoms with Gasteiger partial charge >= 0.3 is 0 Å². The Balaban J connectivity index is 1.48. The topological polar surface area (TPSA) is 20.3 Å². The minimum absolute atomic E-state index is 0.148. The van der Waals surface area contributed by atoms with Crippen LogP contribution in [0.2, 0.25) is 0 Å². The summed E-state index contributed by atoms with van der Waals surface area (Å²) in [5, 5.41) is 0. The van der Waals surface area contributed by atoms with Gasteiger partial charge in [-0.3, -0.25) is 9.69 Å². The highest BCUT2D eigenvalue weighted by molar-refractivity contribution is 6.24. The van der Waals surface area contributed by atoms with Crippen LogP contribution < -0.4 is 0 Å². The maximum absolute atomic E-state index is 12.8. The van der Waals surface area contributed by atoms with Crippen molar-refractivity contribution in [3.05, 3.63) is 77.4 Å². The number of benzene rings is 2. The number of aryl methyl sites for hydroxylation is 1. The zero-order valence-corrected chi connectivity index (χ0v) is 14.1. The molecule has 2 unspecified atom stereocenters. The lowest BCUT2D eigenvalue weighted by molar-refractivity contribution is -0.116. The van der Waals surface area contributed by atoms with Gasteiger partial charge in [0.05, 0.1) is 0 Å². The fourth-order valence-electron chi connectivity index (χ4n) is 3.98. The largest absolute Gasteiger partial charge is 0.298 e. The molecule has 0 radical (unpaired) electrons. The zero-order chi connectivity index (χ0) is 16.5. The van der Waals surface area contributed by atoms with Gasteiger partial charge in [-0.15, -0.1) is 0 Å². The third kappa shape index (κ3) is 2.83. The average molecular weight is 317 g/mol. The maximum Gasteiger partial charge on any atom is 0.168 e. The third-order valence-electron chi connectivity index (χ3n) is 5.35. The Kier molecular flexibility index (Phi) is 4.07. The first-order chi connectivity index (χ1) is 11.7. The predicted octanol–water partition coefficient (Wildman–Crippen LogP) is 3.96. The van der Waals surface area contributed by atoms with E-state index in [2.05, 4.69) is 66.4 Å². The number of Topliss-reactive ketones (excluding diaryl/α,β-unsaturated/α-hetero) is 1. The molecule has 2 atom stereocenters. The van der Waals surface area contributed by atoms with E-state index in [0.717, 1.165) is 37.2 Å². The van der Waals surface area contributed by atoms with Gasteiger partial charge in [0.1, 0.15) is 0 Å². The van der Waals surface area contributed by atoms with Crippen molar-refractivity contribution >= 4 is 11.4 Å². The molecule has 1 aliphatic carbocycles. The number of carbonyl (C=O) groups is 1. The molecule has 2 aromatic carbocycles. The molecular formula is C22H23NO. The van der Waals surface area contributed by atoms with E-state index < -0.39 is 0 Å². The molecule has 0 N–H and O–H groups in total. The monoisotopic (exact) mass is 317 g/mol. The zero-order valence-electron chi connectivity index (χ0n) is 14.1. The normalized spacial score (nSPS) is 23.4. The summed E-state index contributed by atoms with van der Waals surface area (Å²) in [6, 6.07) is 19.0. The van der Waals surface area contributed by atoms with Crippen LogP contribution in [-0.2, 0) is 17.8 Å². The van der Waals surface area contributed by atoms with Crippen molar-refractivity contribution < 1.29 is 4.79 Å². The number of nitrogens with zero attached hydrogens (tertiary/aromatic N) is 1. The maximum atomic E-state index is 12.8. The van der Waals surface area contributed by atoms with Crippen LogP contribution in [0.15, 0.2) is 60.7 Å². The number of hydrogen-bond acceptors (Lipinski definition) is 2. The molecule has 1 fully saturated rings. The Labute approximate surface area is 143 Å². The summed E-state index contributed by atoms with van der Waals surface area (Å²) in [7, 11) is 0. The Morgan fingerprint density at radius 1 is 0.958 bits per heavy atom. The molecule has 4 rings (SSSR count). The second-order valence-corrected chi connectivity index (χ2v) is 6.95. The summed E-state index contributed by atoms with van der Waals surface area (Å²) in [6.07, 6.45) is 3.26. The van der Waals surface area contributed by atoms with E-state index in [1.807, 2.05) is 6.07 Å². The highest BCUT2D eigenvalue weighted by atomic mass is 16.1. The number of likely N-dealkylation sites (tertiary alicyclic amines) is 1. The van der Waals surface area contributed by atoms with E-state index in [1.165, 1.54) is 11.1 Å². The summed E-state index contributed by atoms with van der Waals surface area (Å²) in [4.78, 5) is 15.3. The van der Waals surface area contributed by atoms with Gasteiger partial charge in [-0.1, -0.05) is 67.6 Å². The molecule has 0 amide bonds. The van der Waals surface area contributed by atoms with Crippen LogP contribution in [0.5, 0.6) is 0 Å². The molecule has 1 saturated heterocycles. The smallest absolute Gasteiger partial charge is 0.168 e. The Morgan fingerprint density at radius 2 is 1.71 bits per heavy atom. The van der Waals surface area contributed by atoms with Gasteiger partial charge in [0.15, 0.2) is 5.78 Å². The molecule has 2 nitrogen and oxygen atoms in total. The van der Waals surface area contributed by atoms with E-state index in [9.17, 15) is 4.79 Å². The number of rotatable bonds is 4. The van der Waals surface area contributed by atoms with Crippen LogP contribution in [0.3, 0.4) is 0 Å². The summed E-state index contributed by atoms with van der Waals surface area (Å²) < 4.78 is 0. The molecule has 2 aliphatic rings. The lowest BCUT2D eigenvalue weighted by Crippen LogP contribution is -2.23. The Hall–Kier alpha value is -2.19. The molecular weight excluding hydrogens is 294 g/mol. The summed E-state index contributed by atoms with van der Waals surface area (Å²) in [5.74, 6) is 0.858. The first kappa shape index (κ1) is 15.3. The second-order valence-electron chi connectivity index (χ2n) is 6.95. The number of allylic oxidation sites excluding steroid dienone is 1. The Morgan fingerprint density at radius 3 is 2.38 bits per heavy atom. The van der Waals surface area contributed by atoms with Gasteiger partial charge in [0, 0.05) is 37.0 Å². The fourth-order valence-corrected chi connectivity index (χ4v) is 3.98. The lowest BCUT2D eigenvalue weighted by atomic mass is 9.96. The highest BCUT2D eigenvalue weighted by Gasteiger charge is 2.42. The van der Waals surface area contributed by atoms with E-state index in [0.29, 0.717) is 11.7 Å². The van der Waals surface area contributed by atoms with Crippen molar-refractivity contribution in [3.8, 4) is 0 Å². The standard InChI is InChI=1S/C22H23NO/c1-2-16-8-10-18(11-9-16)20-12-19-14-23(15-21(19)22(20)24)13-17-6-4-3-5-7-17/h3-12,19,21H,2,13-15H2,1H3. The van der Waals surface area contributed by atoms with Crippen molar-refractivity contribution in [3.63, 3.8) is 0 Å². The number of ketones is 1. The first-order valence-corrected chi connectivity index (χ1v) is 8.86. The molecule has 0 spiro atoms. The van der Waals surface area contributed by atoms with Crippen molar-refractivity contribution in [2.75, 3.05) is 13.1 Å². The van der Waals surface area contributed by atoms with Gasteiger partial charge in [-0.25, -0.2) is 0 Å². The van der Waals surface area contributed by atoms with Gasteiger partial charge < -0.3 is 0 Å². The first-order valence-electron chi connectivity index (χ1n) is 8.86. The molecule has 0 bridgehead atoms. The van der Waals surface area contributed by atoms with Crippen LogP contribution in [0.25, 0.3) is 5.57 Å². The average Bonchev–Trinajstić information content (AvgIpc) is 3.15. The van der Waals surface area contributed by atoms with E-state index in [-0.39, 0.29) is 5.92 Å². The summed E-state index contributed by atoms with van der Waals surface area (Å²) in [6.45, 7) is 4.96. The van der Waals surface area contributed by atoms with Crippen molar-refractivity contribution in [2.24, 2.45) is 11.8 Å². The van der Waals surface area contributed by atoms with Gasteiger partial charge in [0.25, 0.3) is 0 Å².